The Morgan fingerprint density at radius 1 is 1.12 bits per heavy atom. The van der Waals surface area contributed by atoms with E-state index in [1.54, 1.807) is 53.4 Å². The minimum Gasteiger partial charge on any atom is -0.493 e. The predicted octanol–water partition coefficient (Wildman–Crippen LogP) is 5.09. The number of hydrogen-bond acceptors (Lipinski definition) is 8. The van der Waals surface area contributed by atoms with Crippen molar-refractivity contribution in [3.8, 4) is 5.75 Å². The number of nitrogens with two attached hydrogens (primary N) is 1. The highest BCUT2D eigenvalue weighted by atomic mass is 32.2. The Morgan fingerprint density at radius 2 is 1.86 bits per heavy atom. The number of sulfonamides is 1. The molecule has 12 heteroatoms. The summed E-state index contributed by atoms with van der Waals surface area (Å²) < 4.78 is 41.8. The quantitative estimate of drug-likeness (QED) is 0.165. The van der Waals surface area contributed by atoms with Crippen molar-refractivity contribution in [1.82, 2.24) is 14.6 Å². The number of ether oxygens (including phenoxy) is 2. The second-order valence-corrected chi connectivity index (χ2v) is 14.3. The fraction of sp³-hybridized carbons (Fsp3) is 0.323. The van der Waals surface area contributed by atoms with Gasteiger partial charge in [0.1, 0.15) is 22.2 Å². The van der Waals surface area contributed by atoms with Crippen molar-refractivity contribution < 1.29 is 22.7 Å². The zero-order valence-corrected chi connectivity index (χ0v) is 25.9. The van der Waals surface area contributed by atoms with Crippen LogP contribution in [-0.2, 0) is 21.2 Å². The molecule has 1 atom stereocenters. The average molecular weight is 622 g/mol. The van der Waals surface area contributed by atoms with Gasteiger partial charge in [0.05, 0.1) is 27.8 Å². The third kappa shape index (κ3) is 7.70. The summed E-state index contributed by atoms with van der Waals surface area (Å²) in [5, 5.41) is 8.39. The Labute approximate surface area is 255 Å². The Balaban J connectivity index is 1.32. The summed E-state index contributed by atoms with van der Waals surface area (Å²) in [6, 6.07) is 20.4. The molecule has 43 heavy (non-hydrogen) atoms. The van der Waals surface area contributed by atoms with Crippen LogP contribution >= 0.6 is 11.3 Å². The Morgan fingerprint density at radius 3 is 2.56 bits per heavy atom. The number of benzene rings is 3. The van der Waals surface area contributed by atoms with Gasteiger partial charge in [-0.15, -0.1) is 11.3 Å². The molecule has 1 aliphatic heterocycles. The molecular formula is C31H35N5O5S2. The van der Waals surface area contributed by atoms with Crippen molar-refractivity contribution in [3.05, 3.63) is 88.9 Å². The van der Waals surface area contributed by atoms with Gasteiger partial charge in [0.25, 0.3) is 0 Å². The third-order valence-electron chi connectivity index (χ3n) is 6.80. The van der Waals surface area contributed by atoms with Crippen LogP contribution in [0.4, 0.5) is 4.79 Å². The van der Waals surface area contributed by atoms with Crippen LogP contribution in [0.25, 0.3) is 10.2 Å². The standard InChI is InChI=1S/C31H35N5O5S2/c1-31(2,3)41-30(37)36-17-21(18-36)19-40-23-12-13-25-27(16-23)42-29(34-25)26(15-20-8-7-9-22(14-20)28(32)33)35-43(38,39)24-10-5-4-6-11-24/h4-14,16,21,26,35H,15,17-19H2,1-3H3,(H3,32,33). The number of thiazole rings is 1. The topological polar surface area (TPSA) is 148 Å². The highest BCUT2D eigenvalue weighted by Gasteiger charge is 2.34. The first-order valence-corrected chi connectivity index (χ1v) is 16.2. The lowest BCUT2D eigenvalue weighted by atomic mass is 10.0. The number of rotatable bonds is 10. The number of likely N-dealkylation sites (tertiary alicyclic amines) is 1. The lowest BCUT2D eigenvalue weighted by molar-refractivity contribution is -0.00780. The summed E-state index contributed by atoms with van der Waals surface area (Å²) in [7, 11) is -3.85. The number of nitrogens with zero attached hydrogens (tertiary/aromatic N) is 2. The van der Waals surface area contributed by atoms with Crippen LogP contribution in [0.5, 0.6) is 5.75 Å². The van der Waals surface area contributed by atoms with Crippen LogP contribution < -0.4 is 15.2 Å². The maximum atomic E-state index is 13.3. The zero-order chi connectivity index (χ0) is 30.8. The van der Waals surface area contributed by atoms with Gasteiger partial charge in [-0.3, -0.25) is 5.41 Å². The summed E-state index contributed by atoms with van der Waals surface area (Å²) in [5.74, 6) is 0.826. The third-order valence-corrected chi connectivity index (χ3v) is 9.42. The fourth-order valence-electron chi connectivity index (χ4n) is 4.66. The SMILES string of the molecule is CC(C)(C)OC(=O)N1CC(COc2ccc3nc(C(Cc4cccc(C(=N)N)c4)NS(=O)(=O)c4ccccc4)sc3c2)C1. The van der Waals surface area contributed by atoms with Gasteiger partial charge in [-0.1, -0.05) is 36.4 Å². The molecule has 1 aromatic heterocycles. The van der Waals surface area contributed by atoms with E-state index in [9.17, 15) is 13.2 Å². The lowest BCUT2D eigenvalue weighted by Crippen LogP contribution is -2.53. The molecule has 226 valence electrons. The van der Waals surface area contributed by atoms with E-state index in [1.165, 1.54) is 11.3 Å². The minimum absolute atomic E-state index is 0.0600. The molecule has 3 aromatic carbocycles. The van der Waals surface area contributed by atoms with Crippen molar-refractivity contribution in [2.24, 2.45) is 11.7 Å². The van der Waals surface area contributed by atoms with Gasteiger partial charge in [0.15, 0.2) is 0 Å². The second-order valence-electron chi connectivity index (χ2n) is 11.5. The molecule has 0 radical (unpaired) electrons. The van der Waals surface area contributed by atoms with Crippen molar-refractivity contribution >= 4 is 43.5 Å². The number of carbonyl (C=O) groups excluding carboxylic acids is 1. The molecule has 5 rings (SSSR count). The average Bonchev–Trinajstić information content (AvgIpc) is 3.35. The van der Waals surface area contributed by atoms with Crippen molar-refractivity contribution in [2.45, 2.75) is 43.7 Å². The number of aromatic nitrogens is 1. The maximum Gasteiger partial charge on any atom is 0.410 e. The van der Waals surface area contributed by atoms with E-state index in [1.807, 2.05) is 45.0 Å². The second kappa shape index (κ2) is 12.3. The number of carbonyl (C=O) groups is 1. The van der Waals surface area contributed by atoms with Crippen molar-refractivity contribution in [2.75, 3.05) is 19.7 Å². The first-order valence-electron chi connectivity index (χ1n) is 13.9. The van der Waals surface area contributed by atoms with Crippen molar-refractivity contribution in [1.29, 1.82) is 5.41 Å². The molecule has 10 nitrogen and oxygen atoms in total. The largest absolute Gasteiger partial charge is 0.493 e. The van der Waals surface area contributed by atoms with E-state index in [4.69, 9.17) is 25.6 Å². The number of amides is 1. The normalized spacial score (nSPS) is 14.7. The molecule has 1 unspecified atom stereocenters. The van der Waals surface area contributed by atoms with Crippen LogP contribution in [0, 0.1) is 11.3 Å². The Kier molecular flexibility index (Phi) is 8.72. The van der Waals surface area contributed by atoms with E-state index in [0.29, 0.717) is 42.4 Å². The fourth-order valence-corrected chi connectivity index (χ4v) is 7.01. The molecule has 1 fully saturated rings. The van der Waals surface area contributed by atoms with Crippen LogP contribution in [0.3, 0.4) is 0 Å². The molecule has 0 spiro atoms. The highest BCUT2D eigenvalue weighted by molar-refractivity contribution is 7.89. The van der Waals surface area contributed by atoms with Gasteiger partial charge in [-0.2, -0.15) is 0 Å². The number of nitrogens with one attached hydrogen (secondary N) is 2. The van der Waals surface area contributed by atoms with E-state index in [2.05, 4.69) is 4.72 Å². The summed E-state index contributed by atoms with van der Waals surface area (Å²) in [6.45, 7) is 7.16. The van der Waals surface area contributed by atoms with Crippen LogP contribution in [0.1, 0.15) is 42.9 Å². The number of fused-ring (bicyclic) bond motifs is 1. The van der Waals surface area contributed by atoms with E-state index < -0.39 is 21.7 Å². The highest BCUT2D eigenvalue weighted by Crippen LogP contribution is 2.32. The molecule has 0 saturated carbocycles. The van der Waals surface area contributed by atoms with Gasteiger partial charge in [-0.25, -0.2) is 22.9 Å². The van der Waals surface area contributed by atoms with Gasteiger partial charge < -0.3 is 20.1 Å². The first-order chi connectivity index (χ1) is 20.4. The van der Waals surface area contributed by atoms with Crippen LogP contribution in [0.2, 0.25) is 0 Å². The molecule has 4 N–H and O–H groups in total. The first kappa shape index (κ1) is 30.5. The molecule has 1 aliphatic rings. The van der Waals surface area contributed by atoms with Gasteiger partial charge in [0, 0.05) is 24.6 Å². The Bertz CT molecular complexity index is 1730. The van der Waals surface area contributed by atoms with Crippen LogP contribution in [0.15, 0.2) is 77.7 Å². The predicted molar refractivity (Wildman–Crippen MR) is 167 cm³/mol. The monoisotopic (exact) mass is 621 g/mol. The molecule has 0 bridgehead atoms. The summed E-state index contributed by atoms with van der Waals surface area (Å²) in [5.41, 5.74) is 7.28. The molecule has 2 heterocycles. The summed E-state index contributed by atoms with van der Waals surface area (Å²) in [4.78, 5) is 18.8. The van der Waals surface area contributed by atoms with Gasteiger partial charge >= 0.3 is 6.09 Å². The Hall–Kier alpha value is -4.00. The van der Waals surface area contributed by atoms with E-state index in [0.717, 1.165) is 15.8 Å². The zero-order valence-electron chi connectivity index (χ0n) is 24.2. The van der Waals surface area contributed by atoms with Crippen molar-refractivity contribution in [3.63, 3.8) is 0 Å². The number of nitrogen functional groups attached to an aromatic ring is 1. The molecule has 1 saturated heterocycles. The van der Waals surface area contributed by atoms with Crippen LogP contribution in [-0.4, -0.2) is 55.5 Å². The number of hydrogen-bond donors (Lipinski definition) is 3. The van der Waals surface area contributed by atoms with E-state index >= 15 is 0 Å². The molecule has 0 aliphatic carbocycles. The maximum absolute atomic E-state index is 13.3. The minimum atomic E-state index is -3.85. The summed E-state index contributed by atoms with van der Waals surface area (Å²) >= 11 is 1.39. The smallest absolute Gasteiger partial charge is 0.410 e. The van der Waals surface area contributed by atoms with Gasteiger partial charge in [0.2, 0.25) is 10.0 Å². The molecule has 1 amide bonds. The van der Waals surface area contributed by atoms with Gasteiger partial charge in [-0.05, 0) is 69.2 Å². The summed E-state index contributed by atoms with van der Waals surface area (Å²) in [6.07, 6.45) is -0.000505. The van der Waals surface area contributed by atoms with E-state index in [-0.39, 0.29) is 22.7 Å². The molecule has 4 aromatic rings. The molecular weight excluding hydrogens is 587 g/mol. The lowest BCUT2D eigenvalue weighted by Gasteiger charge is -2.39. The number of amidine groups is 1.